The molecule has 0 saturated carbocycles. The largest absolute Gasteiger partial charge is 0.329 e. The molecule has 0 aliphatic carbocycles. The van der Waals surface area contributed by atoms with Crippen LogP contribution < -0.4 is 5.73 Å². The van der Waals surface area contributed by atoms with Crippen molar-refractivity contribution in [3.05, 3.63) is 47.3 Å². The van der Waals surface area contributed by atoms with Gasteiger partial charge in [-0.15, -0.1) is 5.10 Å². The maximum atomic E-state index is 12.0. The quantitative estimate of drug-likeness (QED) is 0.795. The highest BCUT2D eigenvalue weighted by Crippen LogP contribution is 2.07. The van der Waals surface area contributed by atoms with Crippen LogP contribution in [0, 0.1) is 6.92 Å². The van der Waals surface area contributed by atoms with Gasteiger partial charge in [0.25, 0.3) is 0 Å². The highest BCUT2D eigenvalue weighted by Gasteiger charge is 2.11. The van der Waals surface area contributed by atoms with Crippen molar-refractivity contribution in [2.24, 2.45) is 5.73 Å². The number of ketones is 1. The van der Waals surface area contributed by atoms with Gasteiger partial charge in [-0.1, -0.05) is 35.0 Å². The zero-order valence-electron chi connectivity index (χ0n) is 10.3. The molecule has 94 valence electrons. The van der Waals surface area contributed by atoms with E-state index in [-0.39, 0.29) is 5.78 Å². The van der Waals surface area contributed by atoms with Gasteiger partial charge in [0.05, 0.1) is 12.7 Å². The maximum absolute atomic E-state index is 12.0. The van der Waals surface area contributed by atoms with E-state index in [4.69, 9.17) is 5.73 Å². The first kappa shape index (κ1) is 12.4. The Kier molecular flexibility index (Phi) is 3.84. The van der Waals surface area contributed by atoms with Crippen molar-refractivity contribution in [2.75, 3.05) is 6.54 Å². The molecule has 0 fully saturated rings. The molecule has 0 radical (unpaired) electrons. The maximum Gasteiger partial charge on any atom is 0.189 e. The number of nitrogens with two attached hydrogens (primary N) is 1. The topological polar surface area (TPSA) is 73.8 Å². The minimum absolute atomic E-state index is 0.0258. The number of Topliss-reactive ketones (excluding diaryl/α,β-unsaturated/α-hetero) is 1. The van der Waals surface area contributed by atoms with E-state index in [9.17, 15) is 4.79 Å². The minimum Gasteiger partial charge on any atom is -0.329 e. The molecular formula is C13H16N4O. The van der Waals surface area contributed by atoms with Crippen molar-refractivity contribution >= 4 is 5.78 Å². The molecule has 5 nitrogen and oxygen atoms in total. The van der Waals surface area contributed by atoms with Crippen LogP contribution in [0.2, 0.25) is 0 Å². The van der Waals surface area contributed by atoms with E-state index < -0.39 is 0 Å². The molecule has 0 aliphatic rings. The molecule has 0 saturated heterocycles. The molecule has 5 heteroatoms. The van der Waals surface area contributed by atoms with Gasteiger partial charge in [-0.3, -0.25) is 9.48 Å². The molecule has 0 bridgehead atoms. The Balaban J connectivity index is 2.04. The molecule has 2 rings (SSSR count). The summed E-state index contributed by atoms with van der Waals surface area (Å²) >= 11 is 0. The van der Waals surface area contributed by atoms with Crippen molar-refractivity contribution in [2.45, 2.75) is 19.9 Å². The molecule has 0 amide bonds. The van der Waals surface area contributed by atoms with Crippen molar-refractivity contribution in [1.29, 1.82) is 0 Å². The first-order valence-corrected chi connectivity index (χ1v) is 5.88. The number of carbonyl (C=O) groups excluding carboxylic acids is 1. The number of nitrogens with zero attached hydrogens (tertiary/aromatic N) is 3. The number of carbonyl (C=O) groups is 1. The van der Waals surface area contributed by atoms with E-state index in [1.54, 1.807) is 10.9 Å². The number of hydrogen-bond donors (Lipinski definition) is 1. The third-order valence-corrected chi connectivity index (χ3v) is 2.67. The van der Waals surface area contributed by atoms with Gasteiger partial charge in [0.1, 0.15) is 5.69 Å². The highest BCUT2D eigenvalue weighted by atomic mass is 16.1. The summed E-state index contributed by atoms with van der Waals surface area (Å²) in [7, 11) is 0. The van der Waals surface area contributed by atoms with Crippen LogP contribution in [0.15, 0.2) is 30.5 Å². The molecule has 0 atom stereocenters. The van der Waals surface area contributed by atoms with Gasteiger partial charge in [0, 0.05) is 13.0 Å². The Morgan fingerprint density at radius 1 is 1.33 bits per heavy atom. The second-order valence-corrected chi connectivity index (χ2v) is 4.24. The highest BCUT2D eigenvalue weighted by molar-refractivity contribution is 5.95. The van der Waals surface area contributed by atoms with Crippen LogP contribution in [-0.2, 0) is 13.0 Å². The summed E-state index contributed by atoms with van der Waals surface area (Å²) in [5.74, 6) is -0.0258. The van der Waals surface area contributed by atoms with Crippen molar-refractivity contribution in [3.63, 3.8) is 0 Å². The van der Waals surface area contributed by atoms with Crippen molar-refractivity contribution in [1.82, 2.24) is 15.0 Å². The molecular weight excluding hydrogens is 228 g/mol. The van der Waals surface area contributed by atoms with Crippen LogP contribution >= 0.6 is 0 Å². The molecule has 0 unspecified atom stereocenters. The number of rotatable bonds is 5. The molecule has 1 heterocycles. The van der Waals surface area contributed by atoms with E-state index in [1.807, 2.05) is 31.2 Å². The summed E-state index contributed by atoms with van der Waals surface area (Å²) < 4.78 is 1.59. The van der Waals surface area contributed by atoms with Crippen molar-refractivity contribution in [3.8, 4) is 0 Å². The summed E-state index contributed by atoms with van der Waals surface area (Å²) in [6, 6.07) is 7.90. The Bertz CT molecular complexity index is 530. The fraction of sp³-hybridized carbons (Fsp3) is 0.308. The van der Waals surface area contributed by atoms with Gasteiger partial charge in [-0.2, -0.15) is 0 Å². The zero-order chi connectivity index (χ0) is 13.0. The predicted octanol–water partition coefficient (Wildman–Crippen LogP) is 0.971. The smallest absolute Gasteiger partial charge is 0.189 e. The third kappa shape index (κ3) is 3.01. The average molecular weight is 244 g/mol. The minimum atomic E-state index is -0.0258. The van der Waals surface area contributed by atoms with Crippen LogP contribution in [0.4, 0.5) is 0 Å². The second-order valence-electron chi connectivity index (χ2n) is 4.24. The number of hydrogen-bond acceptors (Lipinski definition) is 4. The van der Waals surface area contributed by atoms with Gasteiger partial charge in [-0.05, 0) is 12.5 Å². The first-order valence-electron chi connectivity index (χ1n) is 5.88. The lowest BCUT2D eigenvalue weighted by atomic mass is 10.1. The third-order valence-electron chi connectivity index (χ3n) is 2.67. The summed E-state index contributed by atoms with van der Waals surface area (Å²) in [6.07, 6.45) is 1.99. The van der Waals surface area contributed by atoms with E-state index in [1.165, 1.54) is 5.56 Å². The zero-order valence-corrected chi connectivity index (χ0v) is 10.3. The van der Waals surface area contributed by atoms with Gasteiger partial charge >= 0.3 is 0 Å². The van der Waals surface area contributed by atoms with E-state index in [0.29, 0.717) is 25.2 Å². The lowest BCUT2D eigenvalue weighted by Gasteiger charge is -1.99. The molecule has 1 aromatic carbocycles. The van der Waals surface area contributed by atoms with Crippen molar-refractivity contribution < 1.29 is 4.79 Å². The number of aromatic nitrogens is 3. The average Bonchev–Trinajstić information content (AvgIpc) is 2.81. The van der Waals surface area contributed by atoms with Crippen LogP contribution in [0.1, 0.15) is 21.6 Å². The Morgan fingerprint density at radius 2 is 2.06 bits per heavy atom. The van der Waals surface area contributed by atoms with E-state index in [0.717, 1.165) is 5.56 Å². The fourth-order valence-electron chi connectivity index (χ4n) is 1.65. The van der Waals surface area contributed by atoms with Gasteiger partial charge < -0.3 is 5.73 Å². The SMILES string of the molecule is Cc1ccc(CC(=O)c2cn(CCN)nn2)cc1. The van der Waals surface area contributed by atoms with Gasteiger partial charge in [0.15, 0.2) is 5.78 Å². The van der Waals surface area contributed by atoms with E-state index in [2.05, 4.69) is 10.3 Å². The lowest BCUT2D eigenvalue weighted by Crippen LogP contribution is -2.10. The Morgan fingerprint density at radius 3 is 2.72 bits per heavy atom. The summed E-state index contributed by atoms with van der Waals surface area (Å²) in [6.45, 7) is 3.07. The standard InChI is InChI=1S/C13H16N4O/c1-10-2-4-11(5-3-10)8-13(18)12-9-17(7-6-14)16-15-12/h2-5,9H,6-8,14H2,1H3. The number of benzene rings is 1. The summed E-state index contributed by atoms with van der Waals surface area (Å²) in [5, 5.41) is 7.70. The number of aryl methyl sites for hydroxylation is 1. The normalized spacial score (nSPS) is 10.6. The van der Waals surface area contributed by atoms with Gasteiger partial charge in [0.2, 0.25) is 0 Å². The predicted molar refractivity (Wildman–Crippen MR) is 68.3 cm³/mol. The first-order chi connectivity index (χ1) is 8.69. The van der Waals surface area contributed by atoms with Crippen LogP contribution in [0.3, 0.4) is 0 Å². The molecule has 2 N–H and O–H groups in total. The van der Waals surface area contributed by atoms with Crippen LogP contribution in [0.5, 0.6) is 0 Å². The lowest BCUT2D eigenvalue weighted by molar-refractivity contribution is 0.0988. The summed E-state index contributed by atoms with van der Waals surface area (Å²) in [4.78, 5) is 12.0. The molecule has 1 aromatic heterocycles. The summed E-state index contributed by atoms with van der Waals surface area (Å²) in [5.41, 5.74) is 7.97. The van der Waals surface area contributed by atoms with Gasteiger partial charge in [-0.25, -0.2) is 0 Å². The monoisotopic (exact) mass is 244 g/mol. The Labute approximate surface area is 106 Å². The van der Waals surface area contributed by atoms with Crippen LogP contribution in [0.25, 0.3) is 0 Å². The second kappa shape index (κ2) is 5.55. The molecule has 0 spiro atoms. The fourth-order valence-corrected chi connectivity index (χ4v) is 1.65. The molecule has 0 aliphatic heterocycles. The van der Waals surface area contributed by atoms with Crippen LogP contribution in [-0.4, -0.2) is 27.3 Å². The molecule has 2 aromatic rings. The molecule has 18 heavy (non-hydrogen) atoms. The Hall–Kier alpha value is -2.01. The van der Waals surface area contributed by atoms with E-state index >= 15 is 0 Å².